The minimum absolute atomic E-state index is 0.310. The van der Waals surface area contributed by atoms with E-state index in [1.54, 1.807) is 60.7 Å². The summed E-state index contributed by atoms with van der Waals surface area (Å²) in [5.41, 5.74) is 5.08. The van der Waals surface area contributed by atoms with E-state index in [2.05, 4.69) is 26.5 Å². The van der Waals surface area contributed by atoms with Crippen molar-refractivity contribution < 1.29 is 19.1 Å². The van der Waals surface area contributed by atoms with Crippen LogP contribution in [0, 0.1) is 6.92 Å². The van der Waals surface area contributed by atoms with Gasteiger partial charge >= 0.3 is 5.97 Å². The maximum absolute atomic E-state index is 12.5. The van der Waals surface area contributed by atoms with Crippen molar-refractivity contribution in [3.05, 3.63) is 93.5 Å². The number of hydrogen-bond donors (Lipinski definition) is 1. The van der Waals surface area contributed by atoms with Crippen LogP contribution in [0.1, 0.15) is 38.8 Å². The van der Waals surface area contributed by atoms with Crippen molar-refractivity contribution in [2.45, 2.75) is 13.8 Å². The molecule has 0 aliphatic rings. The summed E-state index contributed by atoms with van der Waals surface area (Å²) in [5.74, 6) is -0.0681. The minimum Gasteiger partial charge on any atom is -0.490 e. The number of carbonyl (C=O) groups is 2. The first kappa shape index (κ1) is 22.2. The Hall–Kier alpha value is -3.45. The van der Waals surface area contributed by atoms with Gasteiger partial charge in [-0.25, -0.2) is 10.2 Å². The molecule has 0 saturated heterocycles. The van der Waals surface area contributed by atoms with Gasteiger partial charge in [0.05, 0.1) is 18.4 Å². The van der Waals surface area contributed by atoms with Crippen LogP contribution in [0.15, 0.2) is 76.3 Å². The van der Waals surface area contributed by atoms with Gasteiger partial charge < -0.3 is 9.47 Å². The van der Waals surface area contributed by atoms with E-state index in [0.717, 1.165) is 10.0 Å². The molecule has 0 bridgehead atoms. The van der Waals surface area contributed by atoms with Gasteiger partial charge in [0.2, 0.25) is 0 Å². The summed E-state index contributed by atoms with van der Waals surface area (Å²) in [7, 11) is 0. The topological polar surface area (TPSA) is 77.0 Å². The van der Waals surface area contributed by atoms with E-state index in [9.17, 15) is 9.59 Å². The Morgan fingerprint density at radius 3 is 2.48 bits per heavy atom. The molecule has 0 atom stereocenters. The van der Waals surface area contributed by atoms with E-state index < -0.39 is 5.97 Å². The van der Waals surface area contributed by atoms with E-state index in [0.29, 0.717) is 34.8 Å². The maximum Gasteiger partial charge on any atom is 0.343 e. The van der Waals surface area contributed by atoms with Crippen LogP contribution in [0.2, 0.25) is 0 Å². The standard InChI is InChI=1S/C24H21BrN2O4/c1-3-30-22-14-17(15-26-27-23(28)18-8-10-20(25)11-9-18)7-12-21(22)31-24(29)19-6-4-5-16(2)13-19/h4-15H,3H2,1-2H3,(H,27,28)/b26-15+. The van der Waals surface area contributed by atoms with Crippen molar-refractivity contribution in [1.82, 2.24) is 5.43 Å². The molecular weight excluding hydrogens is 460 g/mol. The molecule has 0 aliphatic carbocycles. The van der Waals surface area contributed by atoms with Crippen LogP contribution >= 0.6 is 15.9 Å². The predicted octanol–water partition coefficient (Wildman–Crippen LogP) is 5.14. The Kier molecular flexibility index (Phi) is 7.56. The highest BCUT2D eigenvalue weighted by atomic mass is 79.9. The number of halogens is 1. The van der Waals surface area contributed by atoms with Gasteiger partial charge in [-0.1, -0.05) is 33.6 Å². The number of amides is 1. The smallest absolute Gasteiger partial charge is 0.343 e. The van der Waals surface area contributed by atoms with Gasteiger partial charge in [-0.3, -0.25) is 4.79 Å². The van der Waals surface area contributed by atoms with E-state index in [4.69, 9.17) is 9.47 Å². The van der Waals surface area contributed by atoms with Crippen LogP contribution in [0.25, 0.3) is 0 Å². The Morgan fingerprint density at radius 2 is 1.77 bits per heavy atom. The van der Waals surface area contributed by atoms with Crippen molar-refractivity contribution in [1.29, 1.82) is 0 Å². The Balaban J connectivity index is 1.70. The molecular formula is C24H21BrN2O4. The number of hydrazone groups is 1. The Bertz CT molecular complexity index is 1110. The molecule has 1 N–H and O–H groups in total. The van der Waals surface area contributed by atoms with Crippen LogP contribution in [0.5, 0.6) is 11.5 Å². The fourth-order valence-electron chi connectivity index (χ4n) is 2.72. The first-order chi connectivity index (χ1) is 15.0. The fourth-order valence-corrected chi connectivity index (χ4v) is 2.98. The third-order valence-corrected chi connectivity index (χ3v) is 4.74. The molecule has 0 aromatic heterocycles. The van der Waals surface area contributed by atoms with Gasteiger partial charge in [-0.2, -0.15) is 5.10 Å². The number of esters is 1. The highest BCUT2D eigenvalue weighted by molar-refractivity contribution is 9.10. The number of nitrogens with zero attached hydrogens (tertiary/aromatic N) is 1. The summed E-state index contributed by atoms with van der Waals surface area (Å²) >= 11 is 3.33. The second-order valence-electron chi connectivity index (χ2n) is 6.60. The average Bonchev–Trinajstić information content (AvgIpc) is 2.76. The number of ether oxygens (including phenoxy) is 2. The van der Waals surface area contributed by atoms with Crippen LogP contribution in [-0.4, -0.2) is 24.7 Å². The molecule has 0 heterocycles. The van der Waals surface area contributed by atoms with Crippen LogP contribution in [-0.2, 0) is 0 Å². The first-order valence-electron chi connectivity index (χ1n) is 9.61. The number of nitrogens with one attached hydrogen (secondary N) is 1. The summed E-state index contributed by atoms with van der Waals surface area (Å²) in [4.78, 5) is 24.6. The van der Waals surface area contributed by atoms with Gasteiger partial charge in [0.15, 0.2) is 11.5 Å². The molecule has 31 heavy (non-hydrogen) atoms. The number of aryl methyl sites for hydroxylation is 1. The SMILES string of the molecule is CCOc1cc(/C=N/NC(=O)c2ccc(Br)cc2)ccc1OC(=O)c1cccc(C)c1. The largest absolute Gasteiger partial charge is 0.490 e. The summed E-state index contributed by atoms with van der Waals surface area (Å²) in [6, 6.07) is 19.2. The van der Waals surface area contributed by atoms with E-state index in [1.807, 2.05) is 19.9 Å². The fraction of sp³-hybridized carbons (Fsp3) is 0.125. The van der Waals surface area contributed by atoms with Gasteiger partial charge in [-0.15, -0.1) is 0 Å². The predicted molar refractivity (Wildman–Crippen MR) is 123 cm³/mol. The second-order valence-corrected chi connectivity index (χ2v) is 7.52. The molecule has 3 aromatic rings. The van der Waals surface area contributed by atoms with Crippen LogP contribution < -0.4 is 14.9 Å². The quantitative estimate of drug-likeness (QED) is 0.220. The molecule has 0 unspecified atom stereocenters. The summed E-state index contributed by atoms with van der Waals surface area (Å²) in [6.07, 6.45) is 1.49. The highest BCUT2D eigenvalue weighted by Gasteiger charge is 2.13. The van der Waals surface area contributed by atoms with Gasteiger partial charge in [-0.05, 0) is 74.0 Å². The molecule has 7 heteroatoms. The van der Waals surface area contributed by atoms with Gasteiger partial charge in [0, 0.05) is 10.0 Å². The summed E-state index contributed by atoms with van der Waals surface area (Å²) in [5, 5.41) is 3.99. The summed E-state index contributed by atoms with van der Waals surface area (Å²) in [6.45, 7) is 4.15. The lowest BCUT2D eigenvalue weighted by atomic mass is 10.1. The first-order valence-corrected chi connectivity index (χ1v) is 10.4. The molecule has 158 valence electrons. The molecule has 0 saturated carbocycles. The van der Waals surface area contributed by atoms with E-state index >= 15 is 0 Å². The third-order valence-electron chi connectivity index (χ3n) is 4.21. The monoisotopic (exact) mass is 480 g/mol. The van der Waals surface area contributed by atoms with Crippen LogP contribution in [0.3, 0.4) is 0 Å². The molecule has 0 aliphatic heterocycles. The Labute approximate surface area is 189 Å². The second kappa shape index (κ2) is 10.5. The number of hydrogen-bond acceptors (Lipinski definition) is 5. The number of benzene rings is 3. The Morgan fingerprint density at radius 1 is 1.00 bits per heavy atom. The lowest BCUT2D eigenvalue weighted by Gasteiger charge is -2.11. The zero-order valence-electron chi connectivity index (χ0n) is 17.1. The molecule has 0 fully saturated rings. The molecule has 0 spiro atoms. The van der Waals surface area contributed by atoms with Crippen LogP contribution in [0.4, 0.5) is 0 Å². The maximum atomic E-state index is 12.5. The molecule has 6 nitrogen and oxygen atoms in total. The lowest BCUT2D eigenvalue weighted by molar-refractivity contribution is 0.0728. The van der Waals surface area contributed by atoms with Crippen molar-refractivity contribution >= 4 is 34.0 Å². The van der Waals surface area contributed by atoms with E-state index in [-0.39, 0.29) is 5.91 Å². The zero-order chi connectivity index (χ0) is 22.2. The molecule has 3 rings (SSSR count). The summed E-state index contributed by atoms with van der Waals surface area (Å²) < 4.78 is 12.0. The highest BCUT2D eigenvalue weighted by Crippen LogP contribution is 2.29. The average molecular weight is 481 g/mol. The normalized spacial score (nSPS) is 10.7. The zero-order valence-corrected chi connectivity index (χ0v) is 18.7. The van der Waals surface area contributed by atoms with Crippen molar-refractivity contribution in [2.75, 3.05) is 6.61 Å². The van der Waals surface area contributed by atoms with Gasteiger partial charge in [0.25, 0.3) is 5.91 Å². The van der Waals surface area contributed by atoms with E-state index in [1.165, 1.54) is 6.21 Å². The third kappa shape index (κ3) is 6.26. The molecule has 1 amide bonds. The van der Waals surface area contributed by atoms with Crippen molar-refractivity contribution in [2.24, 2.45) is 5.10 Å². The number of carbonyl (C=O) groups excluding carboxylic acids is 2. The molecule has 0 radical (unpaired) electrons. The molecule has 3 aromatic carbocycles. The minimum atomic E-state index is -0.465. The van der Waals surface area contributed by atoms with Crippen molar-refractivity contribution in [3.8, 4) is 11.5 Å². The lowest BCUT2D eigenvalue weighted by Crippen LogP contribution is -2.17. The number of rotatable bonds is 7. The van der Waals surface area contributed by atoms with Crippen molar-refractivity contribution in [3.63, 3.8) is 0 Å². The van der Waals surface area contributed by atoms with Gasteiger partial charge in [0.1, 0.15) is 0 Å².